The average Bonchev–Trinajstić information content (AvgIpc) is 2.15. The van der Waals surface area contributed by atoms with Crippen molar-refractivity contribution in [2.24, 2.45) is 0 Å². The van der Waals surface area contributed by atoms with E-state index >= 15 is 0 Å². The van der Waals surface area contributed by atoms with Gasteiger partial charge in [0.05, 0.1) is 12.7 Å². The standard InChI is InChI=1S/C8H5ClF3NO2/c1-15-7(14)4-2-3-5(9)13-6(4)8(10,11)12/h2-3H,1H3. The second-order valence-corrected chi connectivity index (χ2v) is 2.91. The molecule has 0 bridgehead atoms. The van der Waals surface area contributed by atoms with E-state index in [9.17, 15) is 18.0 Å². The van der Waals surface area contributed by atoms with Crippen molar-refractivity contribution in [3.05, 3.63) is 28.5 Å². The second kappa shape index (κ2) is 4.06. The van der Waals surface area contributed by atoms with E-state index in [-0.39, 0.29) is 5.15 Å². The van der Waals surface area contributed by atoms with Crippen molar-refractivity contribution >= 4 is 17.6 Å². The summed E-state index contributed by atoms with van der Waals surface area (Å²) in [7, 11) is 0.983. The van der Waals surface area contributed by atoms with Crippen LogP contribution in [-0.4, -0.2) is 18.1 Å². The Morgan fingerprint density at radius 2 is 2.07 bits per heavy atom. The lowest BCUT2D eigenvalue weighted by atomic mass is 10.2. The van der Waals surface area contributed by atoms with Crippen LogP contribution in [0, 0.1) is 0 Å². The molecule has 0 unspecified atom stereocenters. The van der Waals surface area contributed by atoms with Crippen molar-refractivity contribution in [3.8, 4) is 0 Å². The molecule has 0 radical (unpaired) electrons. The SMILES string of the molecule is COC(=O)c1ccc(Cl)nc1C(F)(F)F. The Labute approximate surface area is 87.8 Å². The molecule has 15 heavy (non-hydrogen) atoms. The second-order valence-electron chi connectivity index (χ2n) is 2.52. The van der Waals surface area contributed by atoms with Gasteiger partial charge in [0.1, 0.15) is 5.15 Å². The fraction of sp³-hybridized carbons (Fsp3) is 0.250. The molecule has 0 aliphatic carbocycles. The van der Waals surface area contributed by atoms with Gasteiger partial charge in [-0.3, -0.25) is 0 Å². The number of esters is 1. The lowest BCUT2D eigenvalue weighted by Gasteiger charge is -2.09. The predicted molar refractivity (Wildman–Crippen MR) is 45.6 cm³/mol. The molecule has 0 aliphatic rings. The first-order chi connectivity index (χ1) is 6.86. The van der Waals surface area contributed by atoms with Crippen LogP contribution < -0.4 is 0 Å². The summed E-state index contributed by atoms with van der Waals surface area (Å²) in [6, 6.07) is 2.01. The normalized spacial score (nSPS) is 11.3. The van der Waals surface area contributed by atoms with E-state index in [1.165, 1.54) is 0 Å². The maximum Gasteiger partial charge on any atom is 0.434 e. The third kappa shape index (κ3) is 2.59. The van der Waals surface area contributed by atoms with E-state index in [4.69, 9.17) is 11.6 Å². The number of pyridine rings is 1. The van der Waals surface area contributed by atoms with Crippen molar-refractivity contribution in [2.75, 3.05) is 7.11 Å². The van der Waals surface area contributed by atoms with E-state index in [0.717, 1.165) is 19.2 Å². The number of ether oxygens (including phenoxy) is 1. The van der Waals surface area contributed by atoms with E-state index in [1.54, 1.807) is 0 Å². The third-order valence-corrected chi connectivity index (χ3v) is 1.75. The predicted octanol–water partition coefficient (Wildman–Crippen LogP) is 2.54. The Kier molecular flexibility index (Phi) is 3.18. The minimum atomic E-state index is -4.74. The van der Waals surface area contributed by atoms with Crippen LogP contribution in [0.5, 0.6) is 0 Å². The van der Waals surface area contributed by atoms with E-state index in [1.807, 2.05) is 0 Å². The maximum absolute atomic E-state index is 12.4. The van der Waals surface area contributed by atoms with Crippen molar-refractivity contribution in [1.82, 2.24) is 4.98 Å². The van der Waals surface area contributed by atoms with Gasteiger partial charge in [0.25, 0.3) is 0 Å². The molecule has 0 spiro atoms. The molecule has 7 heteroatoms. The Morgan fingerprint density at radius 3 is 2.53 bits per heavy atom. The number of carbonyl (C=O) groups is 1. The minimum absolute atomic E-state index is 0.338. The summed E-state index contributed by atoms with van der Waals surface area (Å²) in [5.74, 6) is -1.11. The lowest BCUT2D eigenvalue weighted by Crippen LogP contribution is -2.16. The Hall–Kier alpha value is -1.30. The molecule has 82 valence electrons. The summed E-state index contributed by atoms with van der Waals surface area (Å²) >= 11 is 5.31. The molecule has 1 rings (SSSR count). The van der Waals surface area contributed by atoms with Crippen LogP contribution in [0.25, 0.3) is 0 Å². The van der Waals surface area contributed by atoms with Crippen LogP contribution in [-0.2, 0) is 10.9 Å². The molecule has 0 atom stereocenters. The summed E-state index contributed by atoms with van der Waals surface area (Å²) in [4.78, 5) is 14.0. The first-order valence-corrected chi connectivity index (χ1v) is 4.06. The zero-order valence-corrected chi connectivity index (χ0v) is 8.19. The molecule has 1 heterocycles. The molecule has 1 aromatic heterocycles. The van der Waals surface area contributed by atoms with Crippen LogP contribution in [0.1, 0.15) is 16.1 Å². The third-order valence-electron chi connectivity index (χ3n) is 1.54. The lowest BCUT2D eigenvalue weighted by molar-refractivity contribution is -0.141. The summed E-state index contributed by atoms with van der Waals surface area (Å²) < 4.78 is 41.4. The number of hydrogen-bond acceptors (Lipinski definition) is 3. The molecule has 1 aromatic rings. The topological polar surface area (TPSA) is 39.2 Å². The quantitative estimate of drug-likeness (QED) is 0.558. The largest absolute Gasteiger partial charge is 0.465 e. The van der Waals surface area contributed by atoms with Crippen molar-refractivity contribution < 1.29 is 22.7 Å². The number of hydrogen-bond donors (Lipinski definition) is 0. The van der Waals surface area contributed by atoms with Crippen molar-refractivity contribution in [1.29, 1.82) is 0 Å². The fourth-order valence-corrected chi connectivity index (χ4v) is 1.07. The monoisotopic (exact) mass is 239 g/mol. The molecule has 0 aliphatic heterocycles. The molecule has 0 amide bonds. The van der Waals surface area contributed by atoms with Gasteiger partial charge in [-0.1, -0.05) is 11.6 Å². The van der Waals surface area contributed by atoms with Gasteiger partial charge in [-0.25, -0.2) is 9.78 Å². The average molecular weight is 240 g/mol. The highest BCUT2D eigenvalue weighted by molar-refractivity contribution is 6.29. The van der Waals surface area contributed by atoms with Gasteiger partial charge in [-0.05, 0) is 12.1 Å². The maximum atomic E-state index is 12.4. The van der Waals surface area contributed by atoms with Crippen molar-refractivity contribution in [3.63, 3.8) is 0 Å². The van der Waals surface area contributed by atoms with Crippen LogP contribution in [0.4, 0.5) is 13.2 Å². The van der Waals surface area contributed by atoms with Gasteiger partial charge in [0, 0.05) is 0 Å². The Balaban J connectivity index is 3.33. The minimum Gasteiger partial charge on any atom is -0.465 e. The van der Waals surface area contributed by atoms with Gasteiger partial charge in [0.15, 0.2) is 5.69 Å². The molecule has 3 nitrogen and oxygen atoms in total. The number of carbonyl (C=O) groups excluding carboxylic acids is 1. The first-order valence-electron chi connectivity index (χ1n) is 3.68. The summed E-state index contributed by atoms with van der Waals surface area (Å²) in [6.07, 6.45) is -4.74. The summed E-state index contributed by atoms with van der Waals surface area (Å²) in [5, 5.41) is -0.338. The number of nitrogens with zero attached hydrogens (tertiary/aromatic N) is 1. The van der Waals surface area contributed by atoms with E-state index in [0.29, 0.717) is 0 Å². The Morgan fingerprint density at radius 1 is 1.47 bits per heavy atom. The van der Waals surface area contributed by atoms with Gasteiger partial charge < -0.3 is 4.74 Å². The number of methoxy groups -OCH3 is 1. The van der Waals surface area contributed by atoms with Crippen LogP contribution in [0.15, 0.2) is 12.1 Å². The molecular formula is C8H5ClF3NO2. The molecule has 0 saturated heterocycles. The molecule has 0 saturated carbocycles. The first kappa shape index (κ1) is 11.8. The van der Waals surface area contributed by atoms with Gasteiger partial charge in [-0.2, -0.15) is 13.2 Å². The fourth-order valence-electron chi connectivity index (χ4n) is 0.926. The number of aromatic nitrogens is 1. The van der Waals surface area contributed by atoms with Crippen LogP contribution >= 0.6 is 11.6 Å². The number of rotatable bonds is 1. The number of alkyl halides is 3. The zero-order valence-electron chi connectivity index (χ0n) is 7.43. The van der Waals surface area contributed by atoms with E-state index < -0.39 is 23.4 Å². The Bertz CT molecular complexity index is 392. The highest BCUT2D eigenvalue weighted by Gasteiger charge is 2.37. The zero-order chi connectivity index (χ0) is 11.6. The van der Waals surface area contributed by atoms with Crippen molar-refractivity contribution in [2.45, 2.75) is 6.18 Å². The summed E-state index contributed by atoms with van der Waals surface area (Å²) in [6.45, 7) is 0. The molecule has 0 aromatic carbocycles. The van der Waals surface area contributed by atoms with Crippen LogP contribution in [0.3, 0.4) is 0 Å². The van der Waals surface area contributed by atoms with E-state index in [2.05, 4.69) is 9.72 Å². The number of halogens is 4. The highest BCUT2D eigenvalue weighted by atomic mass is 35.5. The molecular weight excluding hydrogens is 235 g/mol. The molecule has 0 N–H and O–H groups in total. The van der Waals surface area contributed by atoms with Gasteiger partial charge in [0.2, 0.25) is 0 Å². The highest BCUT2D eigenvalue weighted by Crippen LogP contribution is 2.31. The smallest absolute Gasteiger partial charge is 0.434 e. The van der Waals surface area contributed by atoms with Gasteiger partial charge >= 0.3 is 12.1 Å². The summed E-state index contributed by atoms with van der Waals surface area (Å²) in [5.41, 5.74) is -2.00. The van der Waals surface area contributed by atoms with Crippen LogP contribution in [0.2, 0.25) is 5.15 Å². The van der Waals surface area contributed by atoms with Gasteiger partial charge in [-0.15, -0.1) is 0 Å². The molecule has 0 fully saturated rings.